The monoisotopic (exact) mass is 518 g/mol. The van der Waals surface area contributed by atoms with Gasteiger partial charge in [-0.3, -0.25) is 0 Å². The summed E-state index contributed by atoms with van der Waals surface area (Å²) in [5, 5.41) is 21.5. The summed E-state index contributed by atoms with van der Waals surface area (Å²) in [5.74, 6) is -0.647. The van der Waals surface area contributed by atoms with Crippen molar-refractivity contribution >= 4 is 43.1 Å². The molecule has 6 heteroatoms. The summed E-state index contributed by atoms with van der Waals surface area (Å²) in [4.78, 5) is 7.54. The molecule has 0 atom stereocenters. The Morgan fingerprint density at radius 2 is 1.02 bits per heavy atom. The number of nitriles is 1. The lowest BCUT2D eigenvalue weighted by Gasteiger charge is -2.02. The Kier molecular flexibility index (Phi) is 5.23. The van der Waals surface area contributed by atoms with Gasteiger partial charge in [-0.2, -0.15) is 16.8 Å². The van der Waals surface area contributed by atoms with Gasteiger partial charge in [0.25, 0.3) is 0 Å². The summed E-state index contributed by atoms with van der Waals surface area (Å²) >= 11 is 0. The fourth-order valence-electron chi connectivity index (χ4n) is 5.70. The van der Waals surface area contributed by atoms with Gasteiger partial charge in [-0.15, -0.1) is 4.95 Å². The third-order valence-electron chi connectivity index (χ3n) is 7.43. The minimum absolute atomic E-state index is 0.323. The molecule has 0 N–H and O–H groups in total. The van der Waals surface area contributed by atoms with Crippen LogP contribution in [0.2, 0.25) is 0 Å². The molecule has 40 heavy (non-hydrogen) atoms. The Bertz CT molecular complexity index is 2210. The number of benzene rings is 5. The molecule has 0 fully saturated rings. The molecule has 186 valence electrons. The highest BCUT2D eigenvalue weighted by Crippen LogP contribution is 2.35. The SMILES string of the molecule is [C-]#[N+]N=c1c2cc(-c3cccc(F)c3)ccc2c2cc3c(=NC#N)c4cc(-c5cccc(F)c5)ccc4c3cc12. The molecule has 7 rings (SSSR count). The molecule has 7 aromatic carbocycles. The molecule has 0 saturated carbocycles. The highest BCUT2D eigenvalue weighted by molar-refractivity contribution is 6.21. The van der Waals surface area contributed by atoms with Gasteiger partial charge in [0.05, 0.1) is 10.5 Å². The standard InChI is InChI=1S/C34H16F2N4/c1-38-40-34-30-15-22(20-5-3-7-24(36)13-20)9-11-26(30)28-16-31-27(17-32(28)34)25-10-8-21(14-29(25)33(31)39-18-37)19-4-2-6-23(35)12-19/h2-17H. The van der Waals surface area contributed by atoms with Crippen LogP contribution in [-0.2, 0) is 0 Å². The van der Waals surface area contributed by atoms with Gasteiger partial charge in [0.2, 0.25) is 6.19 Å². The van der Waals surface area contributed by atoms with Gasteiger partial charge in [0, 0.05) is 21.5 Å². The van der Waals surface area contributed by atoms with Crippen LogP contribution < -0.4 is 10.7 Å². The van der Waals surface area contributed by atoms with E-state index in [0.717, 1.165) is 65.3 Å². The molecule has 0 aliphatic heterocycles. The highest BCUT2D eigenvalue weighted by Gasteiger charge is 2.17. The normalized spacial score (nSPS) is 12.5. The molecule has 0 aliphatic carbocycles. The van der Waals surface area contributed by atoms with Crippen molar-refractivity contribution in [2.24, 2.45) is 10.1 Å². The minimum atomic E-state index is -0.325. The second kappa shape index (κ2) is 8.94. The number of nitrogens with zero attached hydrogens (tertiary/aromatic N) is 4. The predicted molar refractivity (Wildman–Crippen MR) is 153 cm³/mol. The topological polar surface area (TPSA) is 52.9 Å². The maximum atomic E-state index is 13.9. The van der Waals surface area contributed by atoms with E-state index in [1.54, 1.807) is 12.1 Å². The minimum Gasteiger partial charge on any atom is -0.207 e. The molecule has 4 nitrogen and oxygen atoms in total. The zero-order valence-corrected chi connectivity index (χ0v) is 20.8. The van der Waals surface area contributed by atoms with E-state index in [1.807, 2.05) is 66.9 Å². The van der Waals surface area contributed by atoms with Crippen LogP contribution in [0.5, 0.6) is 0 Å². The Morgan fingerprint density at radius 1 is 0.550 bits per heavy atom. The van der Waals surface area contributed by atoms with E-state index >= 15 is 0 Å². The summed E-state index contributed by atoms with van der Waals surface area (Å²) in [6.07, 6.45) is 1.94. The third-order valence-corrected chi connectivity index (χ3v) is 7.43. The number of hydrogen-bond acceptors (Lipinski definition) is 3. The quantitative estimate of drug-likeness (QED) is 0.130. The molecule has 0 saturated heterocycles. The molecular weight excluding hydrogens is 502 g/mol. The van der Waals surface area contributed by atoms with Crippen LogP contribution in [0.3, 0.4) is 0 Å². The number of hydrogen-bond donors (Lipinski definition) is 0. The molecule has 0 radical (unpaired) electrons. The summed E-state index contributed by atoms with van der Waals surface area (Å²) in [6, 6.07) is 28.4. The van der Waals surface area contributed by atoms with E-state index in [1.165, 1.54) is 24.3 Å². The first-order valence-corrected chi connectivity index (χ1v) is 12.5. The van der Waals surface area contributed by atoms with E-state index in [2.05, 4.69) is 15.0 Å². The summed E-state index contributed by atoms with van der Waals surface area (Å²) in [6.45, 7) is 7.48. The van der Waals surface area contributed by atoms with Crippen LogP contribution >= 0.6 is 0 Å². The van der Waals surface area contributed by atoms with Gasteiger partial charge < -0.3 is 0 Å². The second-order valence-electron chi connectivity index (χ2n) is 9.59. The van der Waals surface area contributed by atoms with Crippen LogP contribution in [-0.4, -0.2) is 0 Å². The van der Waals surface area contributed by atoms with Crippen molar-refractivity contribution in [3.8, 4) is 28.4 Å². The maximum Gasteiger partial charge on any atom is 0.206 e. The van der Waals surface area contributed by atoms with Crippen molar-refractivity contribution in [3.63, 3.8) is 0 Å². The predicted octanol–water partition coefficient (Wildman–Crippen LogP) is 7.90. The van der Waals surface area contributed by atoms with Crippen molar-refractivity contribution in [1.82, 2.24) is 0 Å². The second-order valence-corrected chi connectivity index (χ2v) is 9.59. The molecule has 0 amide bonds. The van der Waals surface area contributed by atoms with Gasteiger partial charge in [0.1, 0.15) is 11.6 Å². The Balaban J connectivity index is 1.56. The molecule has 0 aliphatic rings. The molecule has 0 bridgehead atoms. The molecule has 0 unspecified atom stereocenters. The Morgan fingerprint density at radius 3 is 1.52 bits per heavy atom. The van der Waals surface area contributed by atoms with Crippen LogP contribution in [0.4, 0.5) is 8.78 Å². The lowest BCUT2D eigenvalue weighted by molar-refractivity contribution is 0.628. The first-order chi connectivity index (χ1) is 19.6. The van der Waals surface area contributed by atoms with Gasteiger partial charge in [-0.25, -0.2) is 8.78 Å². The van der Waals surface area contributed by atoms with Crippen LogP contribution in [0.1, 0.15) is 0 Å². The van der Waals surface area contributed by atoms with Crippen molar-refractivity contribution in [1.29, 1.82) is 5.26 Å². The van der Waals surface area contributed by atoms with E-state index in [-0.39, 0.29) is 11.6 Å². The van der Waals surface area contributed by atoms with Crippen LogP contribution in [0, 0.1) is 29.7 Å². The van der Waals surface area contributed by atoms with E-state index in [4.69, 9.17) is 6.57 Å². The van der Waals surface area contributed by atoms with Crippen molar-refractivity contribution < 1.29 is 8.78 Å². The third kappa shape index (κ3) is 3.55. The molecular formula is C34H16F2N4. The zero-order chi connectivity index (χ0) is 27.4. The fraction of sp³-hybridized carbons (Fsp3) is 0. The lowest BCUT2D eigenvalue weighted by atomic mass is 10.0. The molecule has 0 spiro atoms. The van der Waals surface area contributed by atoms with Gasteiger partial charge in [0.15, 0.2) is 5.36 Å². The fourth-order valence-corrected chi connectivity index (χ4v) is 5.70. The van der Waals surface area contributed by atoms with Gasteiger partial charge in [-0.05, 0) is 92.3 Å². The molecule has 0 heterocycles. The molecule has 7 aromatic rings. The van der Waals surface area contributed by atoms with Crippen LogP contribution in [0.25, 0.3) is 70.3 Å². The first kappa shape index (κ1) is 23.4. The Labute approximate surface area is 226 Å². The number of rotatable bonds is 2. The summed E-state index contributed by atoms with van der Waals surface area (Å²) in [5.41, 5.74) is 3.09. The molecule has 0 aromatic heterocycles. The smallest absolute Gasteiger partial charge is 0.206 e. The van der Waals surface area contributed by atoms with Gasteiger partial charge in [-0.1, -0.05) is 48.5 Å². The van der Waals surface area contributed by atoms with Gasteiger partial charge >= 0.3 is 0 Å². The number of halogens is 2. The van der Waals surface area contributed by atoms with E-state index < -0.39 is 0 Å². The number of fused-ring (bicyclic) bond motifs is 6. The van der Waals surface area contributed by atoms with E-state index in [0.29, 0.717) is 10.7 Å². The Hall–Kier alpha value is -5.72. The largest absolute Gasteiger partial charge is 0.207 e. The highest BCUT2D eigenvalue weighted by atomic mass is 19.1. The van der Waals surface area contributed by atoms with E-state index in [9.17, 15) is 14.0 Å². The summed E-state index contributed by atoms with van der Waals surface area (Å²) in [7, 11) is 0. The van der Waals surface area contributed by atoms with Crippen molar-refractivity contribution in [2.75, 3.05) is 0 Å². The maximum absolute atomic E-state index is 13.9. The average Bonchev–Trinajstić information content (AvgIpc) is 3.43. The average molecular weight is 519 g/mol. The van der Waals surface area contributed by atoms with Crippen molar-refractivity contribution in [3.05, 3.63) is 131 Å². The lowest BCUT2D eigenvalue weighted by Crippen LogP contribution is -1.99. The first-order valence-electron chi connectivity index (χ1n) is 12.5. The summed E-state index contributed by atoms with van der Waals surface area (Å²) < 4.78 is 27.8. The zero-order valence-electron chi connectivity index (χ0n) is 20.8. The van der Waals surface area contributed by atoms with Crippen LogP contribution in [0.15, 0.2) is 107 Å². The van der Waals surface area contributed by atoms with Crippen molar-refractivity contribution in [2.45, 2.75) is 0 Å².